The Morgan fingerprint density at radius 2 is 2.42 bits per heavy atom. The van der Waals surface area contributed by atoms with Crippen LogP contribution >= 0.6 is 11.3 Å². The summed E-state index contributed by atoms with van der Waals surface area (Å²) in [4.78, 5) is 4.31. The first kappa shape index (κ1) is 12.0. The van der Waals surface area contributed by atoms with Crippen molar-refractivity contribution in [1.29, 1.82) is 0 Å². The van der Waals surface area contributed by atoms with Crippen molar-refractivity contribution < 1.29 is 4.52 Å². The molecule has 0 amide bonds. The van der Waals surface area contributed by atoms with Crippen molar-refractivity contribution in [2.24, 2.45) is 5.73 Å². The van der Waals surface area contributed by atoms with Crippen LogP contribution in [0.3, 0.4) is 0 Å². The van der Waals surface area contributed by atoms with Crippen LogP contribution in [0.2, 0.25) is 0 Å². The zero-order valence-electron chi connectivity index (χ0n) is 10.2. The molecular weight excluding hydrogens is 264 g/mol. The largest absolute Gasteiger partial charge is 0.334 e. The topological polar surface area (TPSA) is 95.7 Å². The van der Waals surface area contributed by atoms with Crippen molar-refractivity contribution in [1.82, 2.24) is 25.1 Å². The molecule has 0 spiro atoms. The predicted octanol–water partition coefficient (Wildman–Crippen LogP) is 1.46. The van der Waals surface area contributed by atoms with Gasteiger partial charge in [0.25, 0.3) is 5.89 Å². The van der Waals surface area contributed by atoms with Gasteiger partial charge in [-0.15, -0.1) is 5.10 Å². The molecule has 19 heavy (non-hydrogen) atoms. The van der Waals surface area contributed by atoms with Crippen molar-refractivity contribution >= 4 is 11.3 Å². The Morgan fingerprint density at radius 1 is 1.53 bits per heavy atom. The van der Waals surface area contributed by atoms with E-state index in [2.05, 4.69) is 20.5 Å². The number of nitrogens with zero attached hydrogens (tertiary/aromatic N) is 5. The third kappa shape index (κ3) is 2.54. The van der Waals surface area contributed by atoms with Crippen LogP contribution in [0.5, 0.6) is 0 Å². The highest BCUT2D eigenvalue weighted by Gasteiger charge is 2.11. The second-order valence-corrected chi connectivity index (χ2v) is 4.94. The predicted molar refractivity (Wildman–Crippen MR) is 69.3 cm³/mol. The lowest BCUT2D eigenvalue weighted by molar-refractivity contribution is 0.418. The van der Waals surface area contributed by atoms with Crippen LogP contribution in [0, 0.1) is 0 Å². The Hall–Kier alpha value is -2.06. The van der Waals surface area contributed by atoms with Gasteiger partial charge < -0.3 is 10.3 Å². The lowest BCUT2D eigenvalue weighted by Crippen LogP contribution is -2.05. The molecule has 1 unspecified atom stereocenters. The maximum atomic E-state index is 5.72. The van der Waals surface area contributed by atoms with Gasteiger partial charge in [0, 0.05) is 11.4 Å². The average molecular weight is 276 g/mol. The SMILES string of the molecule is CC(N)c1cn(Cc2noc(-c3ccsc3)n2)nn1. The Kier molecular flexibility index (Phi) is 3.10. The van der Waals surface area contributed by atoms with E-state index in [0.717, 1.165) is 11.3 Å². The number of rotatable bonds is 4. The molecule has 3 aromatic rings. The molecule has 0 saturated heterocycles. The van der Waals surface area contributed by atoms with Crippen molar-refractivity contribution in [3.05, 3.63) is 34.5 Å². The van der Waals surface area contributed by atoms with E-state index in [0.29, 0.717) is 18.3 Å². The average Bonchev–Trinajstić information content (AvgIpc) is 3.09. The van der Waals surface area contributed by atoms with E-state index in [-0.39, 0.29) is 6.04 Å². The first-order chi connectivity index (χ1) is 9.22. The fourth-order valence-electron chi connectivity index (χ4n) is 1.57. The summed E-state index contributed by atoms with van der Waals surface area (Å²) in [6, 6.07) is 1.80. The second kappa shape index (κ2) is 4.90. The normalized spacial score (nSPS) is 12.7. The third-order valence-corrected chi connectivity index (χ3v) is 3.25. The van der Waals surface area contributed by atoms with E-state index >= 15 is 0 Å². The Morgan fingerprint density at radius 3 is 3.11 bits per heavy atom. The molecule has 3 heterocycles. The molecule has 0 aromatic carbocycles. The van der Waals surface area contributed by atoms with Crippen molar-refractivity contribution in [2.45, 2.75) is 19.5 Å². The van der Waals surface area contributed by atoms with Gasteiger partial charge in [-0.25, -0.2) is 4.68 Å². The maximum absolute atomic E-state index is 5.72. The van der Waals surface area contributed by atoms with Crippen LogP contribution in [0.1, 0.15) is 24.5 Å². The molecule has 0 radical (unpaired) electrons. The van der Waals surface area contributed by atoms with Crippen molar-refractivity contribution in [3.8, 4) is 11.5 Å². The summed E-state index contributed by atoms with van der Waals surface area (Å²) in [5.41, 5.74) is 7.39. The molecule has 8 heteroatoms. The molecule has 98 valence electrons. The van der Waals surface area contributed by atoms with Crippen LogP contribution in [0.4, 0.5) is 0 Å². The van der Waals surface area contributed by atoms with E-state index in [4.69, 9.17) is 10.3 Å². The minimum atomic E-state index is -0.139. The number of hydrogen-bond donors (Lipinski definition) is 1. The smallest absolute Gasteiger partial charge is 0.258 e. The summed E-state index contributed by atoms with van der Waals surface area (Å²) in [5, 5.41) is 15.8. The monoisotopic (exact) mass is 276 g/mol. The molecule has 0 aliphatic heterocycles. The zero-order chi connectivity index (χ0) is 13.2. The quantitative estimate of drug-likeness (QED) is 0.775. The number of hydrogen-bond acceptors (Lipinski definition) is 7. The zero-order valence-corrected chi connectivity index (χ0v) is 11.0. The van der Waals surface area contributed by atoms with Gasteiger partial charge in [0.2, 0.25) is 0 Å². The first-order valence-corrected chi connectivity index (χ1v) is 6.67. The highest BCUT2D eigenvalue weighted by molar-refractivity contribution is 7.08. The first-order valence-electron chi connectivity index (χ1n) is 5.73. The molecule has 0 aliphatic carbocycles. The fourth-order valence-corrected chi connectivity index (χ4v) is 2.20. The lowest BCUT2D eigenvalue weighted by Gasteiger charge is -1.95. The molecule has 3 aromatic heterocycles. The van der Waals surface area contributed by atoms with E-state index in [1.54, 1.807) is 22.2 Å². The molecule has 0 fully saturated rings. The summed E-state index contributed by atoms with van der Waals surface area (Å²) < 4.78 is 6.83. The molecule has 2 N–H and O–H groups in total. The molecule has 0 saturated carbocycles. The molecular formula is C11H12N6OS. The summed E-state index contributed by atoms with van der Waals surface area (Å²) in [6.07, 6.45) is 1.78. The standard InChI is InChI=1S/C11H12N6OS/c1-7(12)9-4-17(16-14-9)5-10-13-11(18-15-10)8-2-3-19-6-8/h2-4,6-7H,5,12H2,1H3. The van der Waals surface area contributed by atoms with Crippen molar-refractivity contribution in [3.63, 3.8) is 0 Å². The molecule has 3 rings (SSSR count). The molecule has 7 nitrogen and oxygen atoms in total. The van der Waals surface area contributed by atoms with Crippen LogP contribution in [-0.2, 0) is 6.54 Å². The van der Waals surface area contributed by atoms with Gasteiger partial charge in [-0.3, -0.25) is 0 Å². The van der Waals surface area contributed by atoms with Gasteiger partial charge in [-0.05, 0) is 18.4 Å². The Labute approximate surface area is 113 Å². The summed E-state index contributed by atoms with van der Waals surface area (Å²) >= 11 is 1.58. The molecule has 1 atom stereocenters. The van der Waals surface area contributed by atoms with Crippen LogP contribution < -0.4 is 5.73 Å². The highest BCUT2D eigenvalue weighted by Crippen LogP contribution is 2.19. The third-order valence-electron chi connectivity index (χ3n) is 2.56. The molecule has 0 bridgehead atoms. The summed E-state index contributed by atoms with van der Waals surface area (Å²) in [5.74, 6) is 1.08. The maximum Gasteiger partial charge on any atom is 0.258 e. The van der Waals surface area contributed by atoms with E-state index < -0.39 is 0 Å². The van der Waals surface area contributed by atoms with Gasteiger partial charge in [0.15, 0.2) is 5.82 Å². The van der Waals surface area contributed by atoms with Gasteiger partial charge >= 0.3 is 0 Å². The summed E-state index contributed by atoms with van der Waals surface area (Å²) in [6.45, 7) is 2.27. The lowest BCUT2D eigenvalue weighted by atomic mass is 10.3. The second-order valence-electron chi connectivity index (χ2n) is 4.16. The fraction of sp³-hybridized carbons (Fsp3) is 0.273. The molecule has 0 aliphatic rings. The van der Waals surface area contributed by atoms with Gasteiger partial charge in [0.05, 0.1) is 17.5 Å². The summed E-state index contributed by atoms with van der Waals surface area (Å²) in [7, 11) is 0. The highest BCUT2D eigenvalue weighted by atomic mass is 32.1. The van der Waals surface area contributed by atoms with Crippen LogP contribution in [0.25, 0.3) is 11.5 Å². The van der Waals surface area contributed by atoms with Gasteiger partial charge in [-0.1, -0.05) is 10.4 Å². The van der Waals surface area contributed by atoms with E-state index in [9.17, 15) is 0 Å². The van der Waals surface area contributed by atoms with E-state index in [1.807, 2.05) is 23.8 Å². The number of thiophene rings is 1. The minimum absolute atomic E-state index is 0.139. The van der Waals surface area contributed by atoms with Crippen LogP contribution in [-0.4, -0.2) is 25.1 Å². The van der Waals surface area contributed by atoms with Crippen LogP contribution in [0.15, 0.2) is 27.5 Å². The number of aromatic nitrogens is 5. The Bertz CT molecular complexity index is 656. The van der Waals surface area contributed by atoms with E-state index in [1.165, 1.54) is 0 Å². The van der Waals surface area contributed by atoms with Crippen molar-refractivity contribution in [2.75, 3.05) is 0 Å². The van der Waals surface area contributed by atoms with Gasteiger partial charge in [0.1, 0.15) is 6.54 Å². The van der Waals surface area contributed by atoms with Gasteiger partial charge in [-0.2, -0.15) is 16.3 Å². The number of nitrogens with two attached hydrogens (primary N) is 1. The Balaban J connectivity index is 1.76. The minimum Gasteiger partial charge on any atom is -0.334 e.